The molecule has 0 unspecified atom stereocenters. The molecule has 0 saturated carbocycles. The Balaban J connectivity index is 1.69. The molecule has 5 atom stereocenters. The van der Waals surface area contributed by atoms with Crippen molar-refractivity contribution in [2.24, 2.45) is 11.8 Å². The van der Waals surface area contributed by atoms with Gasteiger partial charge in [-0.1, -0.05) is 0 Å². The van der Waals surface area contributed by atoms with Crippen molar-refractivity contribution in [3.63, 3.8) is 0 Å². The number of likely N-dealkylation sites (N-methyl/N-ethyl adjacent to an activating group) is 1. The summed E-state index contributed by atoms with van der Waals surface area (Å²) in [6, 6.07) is 12.4. The number of hydrogen-bond acceptors (Lipinski definition) is 9. The zero-order chi connectivity index (χ0) is 29.5. The average Bonchev–Trinajstić information content (AvgIpc) is 2.91. The number of nitrogens with zero attached hydrogens (tertiary/aromatic N) is 2. The number of aromatic hydroxyl groups is 1. The molecular formula is C31H28N2O7Ra. The van der Waals surface area contributed by atoms with E-state index in [1.807, 2.05) is 30.3 Å². The van der Waals surface area contributed by atoms with Crippen molar-refractivity contribution < 1.29 is 77.6 Å². The molecule has 0 radical (unpaired) electrons. The number of phenols is 1. The van der Waals surface area contributed by atoms with E-state index in [0.29, 0.717) is 10.9 Å². The van der Waals surface area contributed by atoms with E-state index in [0.717, 1.165) is 12.5 Å². The second-order valence-electron chi connectivity index (χ2n) is 11.5. The number of benzene rings is 2. The van der Waals surface area contributed by atoms with Crippen LogP contribution in [0.3, 0.4) is 0 Å². The van der Waals surface area contributed by atoms with Gasteiger partial charge in [0.2, 0.25) is 0 Å². The van der Waals surface area contributed by atoms with Gasteiger partial charge in [-0.05, 0) is 6.92 Å². The first-order valence-corrected chi connectivity index (χ1v) is 17.5. The van der Waals surface area contributed by atoms with Crippen molar-refractivity contribution in [1.82, 2.24) is 9.88 Å². The van der Waals surface area contributed by atoms with Crippen LogP contribution < -0.4 is 0.604 Å². The van der Waals surface area contributed by atoms with E-state index in [1.165, 1.54) is 6.80 Å². The molecule has 41 heavy (non-hydrogen) atoms. The van der Waals surface area contributed by atoms with E-state index in [1.54, 1.807) is 31.1 Å². The molecule has 0 bridgehead atoms. The second-order valence-corrected chi connectivity index (χ2v) is 16.3. The fourth-order valence-electron chi connectivity index (χ4n) is 7.17. The van der Waals surface area contributed by atoms with Gasteiger partial charge in [0.05, 0.1) is 0 Å². The second kappa shape index (κ2) is 9.85. The van der Waals surface area contributed by atoms with Crippen LogP contribution in [0.2, 0.25) is 0 Å². The molecule has 1 heterocycles. The normalized spacial score (nSPS) is 27.6. The summed E-state index contributed by atoms with van der Waals surface area (Å²) in [5, 5.41) is 47.0. The van der Waals surface area contributed by atoms with E-state index in [9.17, 15) is 34.8 Å². The summed E-state index contributed by atoms with van der Waals surface area (Å²) in [7, 11) is 3.29. The number of ketones is 3. The van der Waals surface area contributed by atoms with Crippen LogP contribution in [0.4, 0.5) is 0 Å². The van der Waals surface area contributed by atoms with Crippen molar-refractivity contribution in [1.29, 1.82) is 0 Å². The first-order chi connectivity index (χ1) is 19.4. The number of rotatable bonds is 3. The quantitative estimate of drug-likeness (QED) is 0.295. The molecule has 2 aromatic carbocycles. The Hall–Kier alpha value is -2.87. The number of carbonyl (C=O) groups excluding carboxylic acids is 3. The molecule has 6 rings (SSSR count). The third-order valence-electron chi connectivity index (χ3n) is 8.98. The van der Waals surface area contributed by atoms with Gasteiger partial charge >= 0.3 is 255 Å². The molecule has 3 aliphatic rings. The van der Waals surface area contributed by atoms with Crippen LogP contribution in [0.5, 0.6) is 5.75 Å². The van der Waals surface area contributed by atoms with Gasteiger partial charge in [-0.3, -0.25) is 4.79 Å². The Morgan fingerprint density at radius 3 is 2.41 bits per heavy atom. The van der Waals surface area contributed by atoms with Gasteiger partial charge in [0.25, 0.3) is 0 Å². The molecule has 0 aliphatic heterocycles. The number of Topliss-reactive ketones (excluding diaryl/α,β-unsaturated/α-hetero) is 3. The molecule has 10 heteroatoms. The molecule has 9 nitrogen and oxygen atoms in total. The topological polar surface area (TPSA) is 148 Å². The minimum atomic E-state index is -2.63. The van der Waals surface area contributed by atoms with Crippen LogP contribution in [0.25, 0.3) is 10.9 Å². The predicted molar refractivity (Wildman–Crippen MR) is 146 cm³/mol. The van der Waals surface area contributed by atoms with Gasteiger partial charge in [-0.25, -0.2) is 0 Å². The molecule has 206 valence electrons. The van der Waals surface area contributed by atoms with Gasteiger partial charge in [0, 0.05) is 0 Å². The van der Waals surface area contributed by atoms with Gasteiger partial charge in [-0.2, -0.15) is 0 Å². The Kier molecular flexibility index (Phi) is 6.79. The van der Waals surface area contributed by atoms with Crippen LogP contribution in [0.1, 0.15) is 40.7 Å². The number of aromatic nitrogens is 1. The van der Waals surface area contributed by atoms with Gasteiger partial charge in [0.1, 0.15) is 0 Å². The van der Waals surface area contributed by atoms with Crippen molar-refractivity contribution in [3.8, 4) is 5.75 Å². The van der Waals surface area contributed by atoms with E-state index < -0.39 is 63.8 Å². The molecule has 0 fully saturated rings. The Labute approximate surface area is 265 Å². The molecule has 0 spiro atoms. The Bertz CT molecular complexity index is 1740. The van der Waals surface area contributed by atoms with Crippen molar-refractivity contribution in [2.75, 3.05) is 14.1 Å². The average molecular weight is 767 g/mol. The zero-order valence-corrected chi connectivity index (χ0v) is 31.3. The van der Waals surface area contributed by atoms with Crippen molar-refractivity contribution >= 4 is 28.9 Å². The molecule has 0 amide bonds. The van der Waals surface area contributed by atoms with Crippen LogP contribution in [0, 0.1) is 54.6 Å². The summed E-state index contributed by atoms with van der Waals surface area (Å²) in [4.78, 5) is 46.3. The van der Waals surface area contributed by atoms with Gasteiger partial charge in [0.15, 0.2) is 0 Å². The van der Waals surface area contributed by atoms with Gasteiger partial charge in [-0.15, -0.1) is 0 Å². The van der Waals surface area contributed by atoms with Gasteiger partial charge < -0.3 is 0 Å². The number of aliphatic hydroxyl groups excluding tert-OH is 2. The number of allylic oxidation sites excluding steroid dienone is 1. The molecule has 3 aromatic rings. The minimum absolute atomic E-state index is 0.0375. The molecule has 3 aliphatic carbocycles. The van der Waals surface area contributed by atoms with E-state index >= 15 is 0 Å². The number of hydrogen-bond donors (Lipinski definition) is 4. The first-order valence-electron chi connectivity index (χ1n) is 13.4. The van der Waals surface area contributed by atoms with Crippen LogP contribution >= 0.6 is 0 Å². The fourth-order valence-corrected chi connectivity index (χ4v) is 8.54. The summed E-state index contributed by atoms with van der Waals surface area (Å²) in [5.41, 5.74) is -1.83. The van der Waals surface area contributed by atoms with Crippen molar-refractivity contribution in [3.05, 3.63) is 88.0 Å². The molecule has 4 N–H and O–H groups in total. The molecular weight excluding hydrogens is 738 g/mol. The zero-order valence-electron chi connectivity index (χ0n) is 23.0. The number of carbonyl (C=O) groups is 3. The van der Waals surface area contributed by atoms with Crippen LogP contribution in [-0.4, -0.2) is 73.4 Å². The van der Waals surface area contributed by atoms with Crippen molar-refractivity contribution in [2.45, 2.75) is 30.9 Å². The monoisotopic (exact) mass is 766 g/mol. The molecule has 1 aromatic heterocycles. The van der Waals surface area contributed by atoms with E-state index in [-0.39, 0.29) is 71.6 Å². The summed E-state index contributed by atoms with van der Waals surface area (Å²) >= 11 is 0.103. The fraction of sp³-hybridized carbons (Fsp3) is 0.290. The Morgan fingerprint density at radius 2 is 1.78 bits per heavy atom. The van der Waals surface area contributed by atoms with Crippen LogP contribution in [0.15, 0.2) is 71.3 Å². The summed E-state index contributed by atoms with van der Waals surface area (Å²) in [6.45, 7) is 1.10. The van der Waals surface area contributed by atoms with Crippen LogP contribution in [-0.2, 0) is 9.59 Å². The summed E-state index contributed by atoms with van der Waals surface area (Å²) in [5.74, 6) is -6.56. The maximum atomic E-state index is 14.2. The molecule has 0 saturated heterocycles. The maximum absolute atomic E-state index is 14.2. The van der Waals surface area contributed by atoms with E-state index in [2.05, 4.69) is 4.98 Å². The summed E-state index contributed by atoms with van der Waals surface area (Å²) in [6.07, 6.45) is 1.54. The first kappa shape index (κ1) is 28.3. The standard InChI is InChI=1S/C31H27N2O7.Ra.H/c1-14(34)20-28(37)25(33(2)3)19-13-18-21(15-8-5-4-6-9-15)17-12-16-10-7-11-32-24(16)27(36)22(17)26(35)23(18)30(39)31(19,40)29(20)38;;/h5-12,18-19,21,25,36-37,39-40H,13H2,1-3H3;;/t18-,19+,21+,25+,31-;;/m1../s1. The summed E-state index contributed by atoms with van der Waals surface area (Å²) < 4.78 is 1.24. The number of fused-ring (bicyclic) bond motifs is 4. The Morgan fingerprint density at radius 1 is 1.10 bits per heavy atom. The number of phenolic OH excluding ortho intramolecular Hbond substituents is 1. The van der Waals surface area contributed by atoms with E-state index in [4.69, 9.17) is 0 Å². The SMILES string of the molecule is CC(=O)C1=C(O)[C@@H](N(C)C)[C@@H]2C[C@H]3C(=C(O)[C@]2(O)C1=O)C(=O)c1c(cc2cccnc2c1O)[C@@H]3c1cc[c]([RaH])cc1. The predicted octanol–water partition coefficient (Wildman–Crippen LogP) is 2.27. The number of pyridine rings is 1. The third-order valence-corrected chi connectivity index (χ3v) is 11.7. The number of aliphatic hydroxyl groups is 3. The third kappa shape index (κ3) is 3.92.